The Kier molecular flexibility index (Phi) is 5.73. The summed E-state index contributed by atoms with van der Waals surface area (Å²) in [5, 5.41) is 22.4. The molecule has 0 aliphatic carbocycles. The van der Waals surface area contributed by atoms with Crippen LogP contribution in [0.15, 0.2) is 18.2 Å². The van der Waals surface area contributed by atoms with E-state index in [0.717, 1.165) is 18.2 Å². The lowest BCUT2D eigenvalue weighted by Gasteiger charge is -2.41. The first-order chi connectivity index (χ1) is 11.3. The smallest absolute Gasteiger partial charge is 0.426 e. The summed E-state index contributed by atoms with van der Waals surface area (Å²) in [5.41, 5.74) is 0.00266. The molecule has 0 bridgehead atoms. The van der Waals surface area contributed by atoms with Crippen molar-refractivity contribution in [3.8, 4) is 0 Å². The maximum absolute atomic E-state index is 13.8. The quantitative estimate of drug-likeness (QED) is 0.507. The average Bonchev–Trinajstić information content (AvgIpc) is 2.47. The summed E-state index contributed by atoms with van der Waals surface area (Å²) in [6.07, 6.45) is 0.454. The fraction of sp³-hybridized carbons (Fsp3) is 0.429. The van der Waals surface area contributed by atoms with Crippen molar-refractivity contribution in [1.82, 2.24) is 10.6 Å². The van der Waals surface area contributed by atoms with Gasteiger partial charge in [0.25, 0.3) is 0 Å². The molecular formula is C14H18BF2N3O4. The van der Waals surface area contributed by atoms with Crippen LogP contribution in [-0.2, 0) is 9.59 Å². The van der Waals surface area contributed by atoms with Crippen LogP contribution >= 0.6 is 0 Å². The first kappa shape index (κ1) is 18.1. The van der Waals surface area contributed by atoms with Gasteiger partial charge >= 0.3 is 7.12 Å². The van der Waals surface area contributed by atoms with Crippen LogP contribution < -0.4 is 15.5 Å². The normalized spacial score (nSPS) is 17.7. The molecule has 1 unspecified atom stereocenters. The predicted octanol–water partition coefficient (Wildman–Crippen LogP) is -0.824. The maximum atomic E-state index is 13.8. The molecule has 1 aromatic rings. The Morgan fingerprint density at radius 3 is 2.71 bits per heavy atom. The summed E-state index contributed by atoms with van der Waals surface area (Å²) in [5.74, 6) is -3.19. The SMILES string of the molecule is CC(NC(=O)CNC(=O)[C@@H]1CCN1c1cc(F)ccc1F)B(O)O. The Labute approximate surface area is 137 Å². The predicted molar refractivity (Wildman–Crippen MR) is 82.9 cm³/mol. The second-order valence-electron chi connectivity index (χ2n) is 5.58. The standard InChI is InChI=1S/C14H18BF2N3O4/c1-8(15(23)24)19-13(21)7-18-14(22)11-4-5-20(11)12-6-9(16)2-3-10(12)17/h2-3,6,8,11,23-24H,4-5,7H2,1H3,(H,18,22)(H,19,21)/t8?,11-/m0/s1. The van der Waals surface area contributed by atoms with E-state index in [1.165, 1.54) is 11.8 Å². The van der Waals surface area contributed by atoms with Crippen molar-refractivity contribution in [2.24, 2.45) is 0 Å². The Balaban J connectivity index is 1.89. The van der Waals surface area contributed by atoms with Crippen molar-refractivity contribution in [3.63, 3.8) is 0 Å². The van der Waals surface area contributed by atoms with Crippen molar-refractivity contribution >= 4 is 24.6 Å². The van der Waals surface area contributed by atoms with Gasteiger partial charge in [-0.1, -0.05) is 0 Å². The lowest BCUT2D eigenvalue weighted by Crippen LogP contribution is -2.58. The van der Waals surface area contributed by atoms with Gasteiger partial charge in [-0.05, 0) is 25.5 Å². The van der Waals surface area contributed by atoms with E-state index < -0.39 is 42.6 Å². The van der Waals surface area contributed by atoms with E-state index in [4.69, 9.17) is 10.0 Å². The molecule has 1 aliphatic heterocycles. The fourth-order valence-electron chi connectivity index (χ4n) is 2.32. The Hall–Kier alpha value is -2.20. The number of carbonyl (C=O) groups is 2. The fourth-order valence-corrected chi connectivity index (χ4v) is 2.32. The highest BCUT2D eigenvalue weighted by molar-refractivity contribution is 6.43. The molecule has 24 heavy (non-hydrogen) atoms. The minimum atomic E-state index is -1.71. The molecule has 4 N–H and O–H groups in total. The molecule has 1 heterocycles. The first-order valence-corrected chi connectivity index (χ1v) is 7.44. The number of rotatable bonds is 6. The summed E-state index contributed by atoms with van der Waals surface area (Å²) in [6, 6.07) is 2.32. The van der Waals surface area contributed by atoms with Crippen LogP contribution in [0.5, 0.6) is 0 Å². The number of hydrogen-bond acceptors (Lipinski definition) is 5. The minimum absolute atomic E-state index is 0.00266. The molecule has 1 aliphatic rings. The van der Waals surface area contributed by atoms with Crippen molar-refractivity contribution in [1.29, 1.82) is 0 Å². The van der Waals surface area contributed by atoms with E-state index in [0.29, 0.717) is 13.0 Å². The van der Waals surface area contributed by atoms with Crippen LogP contribution in [0.4, 0.5) is 14.5 Å². The number of carbonyl (C=O) groups excluding carboxylic acids is 2. The van der Waals surface area contributed by atoms with E-state index in [-0.39, 0.29) is 12.2 Å². The van der Waals surface area contributed by atoms with Crippen LogP contribution in [-0.4, -0.2) is 54.1 Å². The Morgan fingerprint density at radius 2 is 2.12 bits per heavy atom. The third kappa shape index (κ3) is 4.21. The van der Waals surface area contributed by atoms with Gasteiger partial charge in [0.1, 0.15) is 17.7 Å². The maximum Gasteiger partial charge on any atom is 0.475 e. The third-order valence-electron chi connectivity index (χ3n) is 3.80. The molecule has 10 heteroatoms. The Morgan fingerprint density at radius 1 is 1.42 bits per heavy atom. The summed E-state index contributed by atoms with van der Waals surface area (Å²) in [7, 11) is -1.71. The van der Waals surface area contributed by atoms with E-state index in [9.17, 15) is 18.4 Å². The highest BCUT2D eigenvalue weighted by atomic mass is 19.1. The number of benzene rings is 1. The number of amides is 2. The molecule has 7 nitrogen and oxygen atoms in total. The van der Waals surface area contributed by atoms with Crippen LogP contribution in [0.25, 0.3) is 0 Å². The van der Waals surface area contributed by atoms with E-state index in [1.807, 2.05) is 0 Å². The summed E-state index contributed by atoms with van der Waals surface area (Å²) in [6.45, 7) is 1.44. The number of halogens is 2. The van der Waals surface area contributed by atoms with Gasteiger partial charge < -0.3 is 25.6 Å². The van der Waals surface area contributed by atoms with E-state index >= 15 is 0 Å². The van der Waals surface area contributed by atoms with Gasteiger partial charge in [0.05, 0.1) is 18.2 Å². The van der Waals surface area contributed by atoms with Crippen LogP contribution in [0.1, 0.15) is 13.3 Å². The molecule has 0 radical (unpaired) electrons. The Bertz CT molecular complexity index is 632. The topological polar surface area (TPSA) is 102 Å². The molecule has 0 spiro atoms. The summed E-state index contributed by atoms with van der Waals surface area (Å²) in [4.78, 5) is 25.1. The number of nitrogens with one attached hydrogen (secondary N) is 2. The highest BCUT2D eigenvalue weighted by Crippen LogP contribution is 2.29. The second kappa shape index (κ2) is 7.58. The zero-order valence-corrected chi connectivity index (χ0v) is 13.0. The van der Waals surface area contributed by atoms with Gasteiger partial charge in [-0.25, -0.2) is 8.78 Å². The summed E-state index contributed by atoms with van der Waals surface area (Å²) < 4.78 is 27.0. The van der Waals surface area contributed by atoms with Gasteiger partial charge in [0.15, 0.2) is 0 Å². The molecule has 1 saturated heterocycles. The van der Waals surface area contributed by atoms with Crippen molar-refractivity contribution in [3.05, 3.63) is 29.8 Å². The van der Waals surface area contributed by atoms with Gasteiger partial charge in [0.2, 0.25) is 11.8 Å². The second-order valence-corrected chi connectivity index (χ2v) is 5.58. The van der Waals surface area contributed by atoms with Crippen molar-refractivity contribution < 1.29 is 28.4 Å². The molecule has 1 aromatic carbocycles. The molecule has 130 valence electrons. The monoisotopic (exact) mass is 341 g/mol. The van der Waals surface area contributed by atoms with Gasteiger partial charge in [-0.3, -0.25) is 9.59 Å². The number of hydrogen-bond donors (Lipinski definition) is 4. The van der Waals surface area contributed by atoms with Gasteiger partial charge in [-0.2, -0.15) is 0 Å². The molecule has 2 amide bonds. The molecule has 1 fully saturated rings. The van der Waals surface area contributed by atoms with Crippen LogP contribution in [0, 0.1) is 11.6 Å². The lowest BCUT2D eigenvalue weighted by atomic mass is 9.81. The average molecular weight is 341 g/mol. The highest BCUT2D eigenvalue weighted by Gasteiger charge is 2.36. The molecule has 2 atom stereocenters. The van der Waals surface area contributed by atoms with Crippen LogP contribution in [0.2, 0.25) is 0 Å². The zero-order chi connectivity index (χ0) is 17.9. The molecular weight excluding hydrogens is 323 g/mol. The first-order valence-electron chi connectivity index (χ1n) is 7.44. The number of nitrogens with zero attached hydrogens (tertiary/aromatic N) is 1. The van der Waals surface area contributed by atoms with E-state index in [1.54, 1.807) is 0 Å². The number of anilines is 1. The van der Waals surface area contributed by atoms with Crippen LogP contribution in [0.3, 0.4) is 0 Å². The molecule has 0 aromatic heterocycles. The minimum Gasteiger partial charge on any atom is -0.426 e. The van der Waals surface area contributed by atoms with Gasteiger partial charge in [-0.15, -0.1) is 0 Å². The lowest BCUT2D eigenvalue weighted by molar-refractivity contribution is -0.127. The zero-order valence-electron chi connectivity index (χ0n) is 13.0. The summed E-state index contributed by atoms with van der Waals surface area (Å²) >= 11 is 0. The molecule has 0 saturated carbocycles. The van der Waals surface area contributed by atoms with Gasteiger partial charge in [0, 0.05) is 12.6 Å². The van der Waals surface area contributed by atoms with Crippen molar-refractivity contribution in [2.45, 2.75) is 25.3 Å². The largest absolute Gasteiger partial charge is 0.475 e. The molecule has 2 rings (SSSR count). The third-order valence-corrected chi connectivity index (χ3v) is 3.80. The van der Waals surface area contributed by atoms with E-state index in [2.05, 4.69) is 10.6 Å². The van der Waals surface area contributed by atoms with Crippen molar-refractivity contribution in [2.75, 3.05) is 18.0 Å².